The first-order valence-electron chi connectivity index (χ1n) is 7.55. The van der Waals surface area contributed by atoms with Crippen molar-refractivity contribution in [2.45, 2.75) is 19.0 Å². The highest BCUT2D eigenvalue weighted by molar-refractivity contribution is 5.84. The van der Waals surface area contributed by atoms with Gasteiger partial charge < -0.3 is 20.7 Å². The topological polar surface area (TPSA) is 106 Å². The Hall–Kier alpha value is -2.69. The molecule has 0 aliphatic carbocycles. The maximum absolute atomic E-state index is 12.3. The summed E-state index contributed by atoms with van der Waals surface area (Å²) in [6, 6.07) is 6.65. The van der Waals surface area contributed by atoms with Crippen molar-refractivity contribution in [3.8, 4) is 11.4 Å². The Morgan fingerprint density at radius 3 is 2.46 bits per heavy atom. The molecular formula is C16H15F3N4O3. The van der Waals surface area contributed by atoms with Crippen LogP contribution < -0.4 is 10.5 Å². The fraction of sp³-hybridized carbons (Fsp3) is 0.250. The van der Waals surface area contributed by atoms with Gasteiger partial charge in [0.05, 0.1) is 18.0 Å². The molecule has 4 N–H and O–H groups in total. The van der Waals surface area contributed by atoms with Crippen LogP contribution in [-0.4, -0.2) is 37.9 Å². The Balaban J connectivity index is 2.08. The van der Waals surface area contributed by atoms with E-state index in [9.17, 15) is 23.4 Å². The lowest BCUT2D eigenvalue weighted by molar-refractivity contribution is -0.274. The number of rotatable bonds is 5. The van der Waals surface area contributed by atoms with Crippen molar-refractivity contribution in [1.29, 1.82) is 0 Å². The summed E-state index contributed by atoms with van der Waals surface area (Å²) in [4.78, 5) is 4.23. The standard InChI is InChI=1S/C16H15F3N4O3/c17-16(18,19)26-10-3-1-9(2-4-10)23-15-14(12(7-20)22-23)11(5-6-21-15)13(25)8-24/h1-6,13,24-25H,7-8,20H2. The second kappa shape index (κ2) is 6.90. The molecular weight excluding hydrogens is 353 g/mol. The van der Waals surface area contributed by atoms with Gasteiger partial charge in [-0.3, -0.25) is 0 Å². The molecule has 0 saturated carbocycles. The van der Waals surface area contributed by atoms with Crippen LogP contribution in [0.15, 0.2) is 36.5 Å². The van der Waals surface area contributed by atoms with E-state index in [-0.39, 0.29) is 12.3 Å². The van der Waals surface area contributed by atoms with Gasteiger partial charge >= 0.3 is 6.36 Å². The molecule has 1 unspecified atom stereocenters. The van der Waals surface area contributed by atoms with Crippen molar-refractivity contribution in [2.75, 3.05) is 6.61 Å². The highest BCUT2D eigenvalue weighted by Gasteiger charge is 2.31. The number of halogens is 3. The van der Waals surface area contributed by atoms with Crippen LogP contribution >= 0.6 is 0 Å². The van der Waals surface area contributed by atoms with Crippen LogP contribution in [0.25, 0.3) is 16.7 Å². The van der Waals surface area contributed by atoms with Gasteiger partial charge in [0, 0.05) is 18.1 Å². The Morgan fingerprint density at radius 2 is 1.88 bits per heavy atom. The average molecular weight is 368 g/mol. The summed E-state index contributed by atoms with van der Waals surface area (Å²) >= 11 is 0. The van der Waals surface area contributed by atoms with Gasteiger partial charge in [0.1, 0.15) is 11.9 Å². The zero-order chi connectivity index (χ0) is 18.9. The van der Waals surface area contributed by atoms with Crippen molar-refractivity contribution in [2.24, 2.45) is 5.73 Å². The van der Waals surface area contributed by atoms with Gasteiger partial charge in [-0.2, -0.15) is 5.10 Å². The Kier molecular flexibility index (Phi) is 4.81. The number of hydrogen-bond donors (Lipinski definition) is 3. The van der Waals surface area contributed by atoms with Gasteiger partial charge in [-0.25, -0.2) is 9.67 Å². The van der Waals surface area contributed by atoms with Gasteiger partial charge in [0.25, 0.3) is 0 Å². The number of pyridine rings is 1. The van der Waals surface area contributed by atoms with E-state index < -0.39 is 19.1 Å². The van der Waals surface area contributed by atoms with E-state index in [2.05, 4.69) is 14.8 Å². The number of fused-ring (bicyclic) bond motifs is 1. The summed E-state index contributed by atoms with van der Waals surface area (Å²) < 4.78 is 42.1. The molecule has 2 aromatic heterocycles. The van der Waals surface area contributed by atoms with Crippen molar-refractivity contribution < 1.29 is 28.1 Å². The number of benzene rings is 1. The molecule has 0 aliphatic heterocycles. The molecule has 0 bridgehead atoms. The molecule has 3 aromatic rings. The van der Waals surface area contributed by atoms with Crippen molar-refractivity contribution in [3.63, 3.8) is 0 Å². The van der Waals surface area contributed by atoms with Crippen LogP contribution in [0.3, 0.4) is 0 Å². The molecule has 0 saturated heterocycles. The summed E-state index contributed by atoms with van der Waals surface area (Å²) in [6.45, 7) is -0.437. The van der Waals surface area contributed by atoms with Gasteiger partial charge in [0.2, 0.25) is 0 Å². The Morgan fingerprint density at radius 1 is 1.19 bits per heavy atom. The number of aromatic nitrogens is 3. The van der Waals surface area contributed by atoms with Crippen molar-refractivity contribution in [3.05, 3.63) is 47.8 Å². The molecule has 7 nitrogen and oxygen atoms in total. The monoisotopic (exact) mass is 368 g/mol. The second-order valence-corrected chi connectivity index (χ2v) is 5.40. The molecule has 0 spiro atoms. The number of nitrogens with two attached hydrogens (primary N) is 1. The minimum Gasteiger partial charge on any atom is -0.406 e. The SMILES string of the molecule is NCc1nn(-c2ccc(OC(F)(F)F)cc2)c2nccc(C(O)CO)c12. The van der Waals surface area contributed by atoms with E-state index in [0.29, 0.717) is 28.0 Å². The largest absolute Gasteiger partial charge is 0.573 e. The van der Waals surface area contributed by atoms with Crippen LogP contribution in [0.1, 0.15) is 17.4 Å². The average Bonchev–Trinajstić information content (AvgIpc) is 2.99. The number of aliphatic hydroxyl groups is 2. The van der Waals surface area contributed by atoms with Crippen LogP contribution in [0.5, 0.6) is 5.75 Å². The zero-order valence-corrected chi connectivity index (χ0v) is 13.3. The first-order chi connectivity index (χ1) is 12.3. The first-order valence-corrected chi connectivity index (χ1v) is 7.55. The van der Waals surface area contributed by atoms with Crippen LogP contribution in [0.4, 0.5) is 13.2 Å². The Labute approximate surface area is 145 Å². The lowest BCUT2D eigenvalue weighted by Crippen LogP contribution is -2.17. The normalized spacial score (nSPS) is 13.2. The predicted molar refractivity (Wildman–Crippen MR) is 85.5 cm³/mol. The number of alkyl halides is 3. The fourth-order valence-corrected chi connectivity index (χ4v) is 2.63. The zero-order valence-electron chi connectivity index (χ0n) is 13.3. The molecule has 1 atom stereocenters. The Bertz CT molecular complexity index is 909. The third-order valence-corrected chi connectivity index (χ3v) is 3.71. The van der Waals surface area contributed by atoms with Gasteiger partial charge in [-0.15, -0.1) is 13.2 Å². The lowest BCUT2D eigenvalue weighted by Gasteiger charge is -2.10. The quantitative estimate of drug-likeness (QED) is 0.634. The third-order valence-electron chi connectivity index (χ3n) is 3.71. The third kappa shape index (κ3) is 3.47. The van der Waals surface area contributed by atoms with Crippen LogP contribution in [0, 0.1) is 0 Å². The first kappa shape index (κ1) is 18.1. The van der Waals surface area contributed by atoms with E-state index in [4.69, 9.17) is 5.73 Å². The molecule has 3 rings (SSSR count). The second-order valence-electron chi connectivity index (χ2n) is 5.40. The highest BCUT2D eigenvalue weighted by Crippen LogP contribution is 2.29. The summed E-state index contributed by atoms with van der Waals surface area (Å²) in [5.74, 6) is -0.360. The molecule has 0 aliphatic rings. The number of hydrogen-bond acceptors (Lipinski definition) is 6. The van der Waals surface area contributed by atoms with Gasteiger partial charge in [-0.05, 0) is 35.9 Å². The van der Waals surface area contributed by atoms with Crippen molar-refractivity contribution in [1.82, 2.24) is 14.8 Å². The summed E-state index contributed by atoms with van der Waals surface area (Å²) in [6.07, 6.45) is -4.47. The maximum atomic E-state index is 12.3. The maximum Gasteiger partial charge on any atom is 0.573 e. The van der Waals surface area contributed by atoms with E-state index in [1.807, 2.05) is 0 Å². The fourth-order valence-electron chi connectivity index (χ4n) is 2.63. The molecule has 10 heteroatoms. The van der Waals surface area contributed by atoms with Gasteiger partial charge in [-0.1, -0.05) is 0 Å². The molecule has 26 heavy (non-hydrogen) atoms. The molecule has 138 valence electrons. The van der Waals surface area contributed by atoms with E-state index in [1.54, 1.807) is 6.07 Å². The number of nitrogens with zero attached hydrogens (tertiary/aromatic N) is 3. The minimum atomic E-state index is -4.77. The summed E-state index contributed by atoms with van der Waals surface area (Å²) in [7, 11) is 0. The molecule has 0 fully saturated rings. The van der Waals surface area contributed by atoms with Crippen LogP contribution in [0.2, 0.25) is 0 Å². The van der Waals surface area contributed by atoms with Crippen LogP contribution in [-0.2, 0) is 6.54 Å². The van der Waals surface area contributed by atoms with E-state index in [0.717, 1.165) is 12.1 Å². The molecule has 1 aromatic carbocycles. The molecule has 2 heterocycles. The predicted octanol–water partition coefficient (Wildman–Crippen LogP) is 1.80. The summed E-state index contributed by atoms with van der Waals surface area (Å²) in [5, 5.41) is 24.0. The highest BCUT2D eigenvalue weighted by atomic mass is 19.4. The number of aliphatic hydroxyl groups excluding tert-OH is 2. The smallest absolute Gasteiger partial charge is 0.406 e. The number of ether oxygens (including phenoxy) is 1. The lowest BCUT2D eigenvalue weighted by atomic mass is 10.1. The van der Waals surface area contributed by atoms with Crippen molar-refractivity contribution >= 4 is 11.0 Å². The van der Waals surface area contributed by atoms with E-state index in [1.165, 1.54) is 23.0 Å². The molecule has 0 radical (unpaired) electrons. The van der Waals surface area contributed by atoms with E-state index >= 15 is 0 Å². The summed E-state index contributed by atoms with van der Waals surface area (Å²) in [5.41, 5.74) is 7.37. The minimum absolute atomic E-state index is 0.0512. The van der Waals surface area contributed by atoms with Gasteiger partial charge in [0.15, 0.2) is 5.65 Å². The molecule has 0 amide bonds.